The van der Waals surface area contributed by atoms with Gasteiger partial charge in [-0.1, -0.05) is 23.7 Å². The molecule has 0 bridgehead atoms. The van der Waals surface area contributed by atoms with Gasteiger partial charge in [-0.3, -0.25) is 4.79 Å². The maximum atomic E-state index is 12.4. The van der Waals surface area contributed by atoms with Gasteiger partial charge < -0.3 is 9.32 Å². The maximum Gasteiger partial charge on any atom is 0.246 e. The van der Waals surface area contributed by atoms with Crippen molar-refractivity contribution in [3.63, 3.8) is 0 Å². The summed E-state index contributed by atoms with van der Waals surface area (Å²) in [6, 6.07) is 11.4. The van der Waals surface area contributed by atoms with E-state index in [1.807, 2.05) is 59.1 Å². The van der Waals surface area contributed by atoms with E-state index in [1.165, 1.54) is 0 Å². The van der Waals surface area contributed by atoms with Crippen LogP contribution in [0.15, 0.2) is 53.2 Å². The predicted octanol–water partition coefficient (Wildman–Crippen LogP) is 4.65. The molecule has 2 aromatic rings. The largest absolute Gasteiger partial charge is 0.468 e. The van der Waals surface area contributed by atoms with E-state index in [0.717, 1.165) is 36.6 Å². The van der Waals surface area contributed by atoms with E-state index in [4.69, 9.17) is 16.0 Å². The zero-order chi connectivity index (χ0) is 16.1. The second kappa shape index (κ2) is 7.75. The summed E-state index contributed by atoms with van der Waals surface area (Å²) in [6.07, 6.45) is 6.10. The third kappa shape index (κ3) is 4.43. The van der Waals surface area contributed by atoms with Crippen molar-refractivity contribution in [3.05, 3.63) is 65.1 Å². The first-order chi connectivity index (χ1) is 11.2. The van der Waals surface area contributed by atoms with E-state index in [1.54, 1.807) is 12.3 Å². The van der Waals surface area contributed by atoms with Crippen LogP contribution < -0.4 is 0 Å². The lowest BCUT2D eigenvalue weighted by Gasteiger charge is -2.18. The molecule has 23 heavy (non-hydrogen) atoms. The number of carbonyl (C=O) groups excluding carboxylic acids is 1. The van der Waals surface area contributed by atoms with Crippen molar-refractivity contribution in [1.29, 1.82) is 0 Å². The average molecular weight is 348 g/mol. The Bertz CT molecular complexity index is 667. The standard InChI is InChI=1S/C18H18ClNO2S/c19-15-6-3-14(4-7-15)5-8-18(21)20-10-9-17(23-13-11-20)16-2-1-12-22-16/h1-8,12,17H,9-11,13H2/b8-5+. The Kier molecular flexibility index (Phi) is 5.47. The first-order valence-corrected chi connectivity index (χ1v) is 9.02. The Morgan fingerprint density at radius 2 is 2.09 bits per heavy atom. The molecule has 1 aliphatic rings. The Balaban J connectivity index is 1.58. The first kappa shape index (κ1) is 16.2. The van der Waals surface area contributed by atoms with Gasteiger partial charge in [0, 0.05) is 29.9 Å². The van der Waals surface area contributed by atoms with Crippen LogP contribution >= 0.6 is 23.4 Å². The van der Waals surface area contributed by atoms with Gasteiger partial charge in [0.25, 0.3) is 0 Å². The highest BCUT2D eigenvalue weighted by Crippen LogP contribution is 2.34. The van der Waals surface area contributed by atoms with Crippen molar-refractivity contribution < 1.29 is 9.21 Å². The molecule has 1 atom stereocenters. The molecule has 0 radical (unpaired) electrons. The molecule has 120 valence electrons. The molecule has 0 aliphatic carbocycles. The summed E-state index contributed by atoms with van der Waals surface area (Å²) in [6.45, 7) is 1.52. The van der Waals surface area contributed by atoms with Crippen molar-refractivity contribution in [3.8, 4) is 0 Å². The van der Waals surface area contributed by atoms with Gasteiger partial charge in [0.05, 0.1) is 11.5 Å². The smallest absolute Gasteiger partial charge is 0.246 e. The number of halogens is 1. The molecular formula is C18H18ClNO2S. The van der Waals surface area contributed by atoms with Crippen molar-refractivity contribution in [2.75, 3.05) is 18.8 Å². The molecule has 0 spiro atoms. The fraction of sp³-hybridized carbons (Fsp3) is 0.278. The quantitative estimate of drug-likeness (QED) is 0.757. The highest BCUT2D eigenvalue weighted by molar-refractivity contribution is 7.99. The van der Waals surface area contributed by atoms with Crippen LogP contribution in [0.1, 0.15) is 23.0 Å². The molecule has 0 N–H and O–H groups in total. The lowest BCUT2D eigenvalue weighted by atomic mass is 10.2. The van der Waals surface area contributed by atoms with E-state index in [9.17, 15) is 4.79 Å². The molecule has 1 aliphatic heterocycles. The third-order valence-electron chi connectivity index (χ3n) is 3.80. The zero-order valence-corrected chi connectivity index (χ0v) is 14.2. The highest BCUT2D eigenvalue weighted by Gasteiger charge is 2.22. The molecule has 2 heterocycles. The molecule has 1 amide bonds. The van der Waals surface area contributed by atoms with Crippen LogP contribution in [0.3, 0.4) is 0 Å². The highest BCUT2D eigenvalue weighted by atomic mass is 35.5. The third-order valence-corrected chi connectivity index (χ3v) is 5.34. The summed E-state index contributed by atoms with van der Waals surface area (Å²) in [5.74, 6) is 1.98. The van der Waals surface area contributed by atoms with Gasteiger partial charge in [-0.2, -0.15) is 0 Å². The van der Waals surface area contributed by atoms with Gasteiger partial charge in [-0.15, -0.1) is 11.8 Å². The predicted molar refractivity (Wildman–Crippen MR) is 95.6 cm³/mol. The van der Waals surface area contributed by atoms with Crippen molar-refractivity contribution in [2.24, 2.45) is 0 Å². The molecule has 1 aromatic carbocycles. The number of nitrogens with zero attached hydrogens (tertiary/aromatic N) is 1. The van der Waals surface area contributed by atoms with Crippen molar-refractivity contribution in [1.82, 2.24) is 4.90 Å². The van der Waals surface area contributed by atoms with E-state index in [0.29, 0.717) is 10.3 Å². The molecule has 1 fully saturated rings. The van der Waals surface area contributed by atoms with Gasteiger partial charge in [-0.25, -0.2) is 0 Å². The Hall–Kier alpha value is -1.65. The van der Waals surface area contributed by atoms with Crippen molar-refractivity contribution >= 4 is 35.3 Å². The van der Waals surface area contributed by atoms with E-state index in [-0.39, 0.29) is 5.91 Å². The summed E-state index contributed by atoms with van der Waals surface area (Å²) in [5, 5.41) is 1.03. The average Bonchev–Trinajstić information content (AvgIpc) is 2.98. The number of hydrogen-bond donors (Lipinski definition) is 0. The van der Waals surface area contributed by atoms with Crippen LogP contribution in [-0.4, -0.2) is 29.6 Å². The number of furan rings is 1. The monoisotopic (exact) mass is 347 g/mol. The molecule has 1 unspecified atom stereocenters. The van der Waals surface area contributed by atoms with Crippen molar-refractivity contribution in [2.45, 2.75) is 11.7 Å². The second-order valence-electron chi connectivity index (χ2n) is 5.37. The molecule has 1 aromatic heterocycles. The molecule has 0 saturated carbocycles. The number of thioether (sulfide) groups is 1. The van der Waals surface area contributed by atoms with E-state index >= 15 is 0 Å². The van der Waals surface area contributed by atoms with Gasteiger partial charge in [-0.05, 0) is 42.3 Å². The number of rotatable bonds is 3. The summed E-state index contributed by atoms with van der Waals surface area (Å²) >= 11 is 7.71. The van der Waals surface area contributed by atoms with Gasteiger partial charge in [0.2, 0.25) is 5.91 Å². The molecule has 5 heteroatoms. The van der Waals surface area contributed by atoms with Crippen LogP contribution in [0.4, 0.5) is 0 Å². The lowest BCUT2D eigenvalue weighted by Crippen LogP contribution is -2.31. The normalized spacial score (nSPS) is 19.0. The summed E-state index contributed by atoms with van der Waals surface area (Å²) in [4.78, 5) is 14.3. The minimum absolute atomic E-state index is 0.0562. The van der Waals surface area contributed by atoms with Crippen LogP contribution in [0.5, 0.6) is 0 Å². The van der Waals surface area contributed by atoms with Crippen LogP contribution in [0.25, 0.3) is 6.08 Å². The Morgan fingerprint density at radius 3 is 2.83 bits per heavy atom. The summed E-state index contributed by atoms with van der Waals surface area (Å²) < 4.78 is 5.49. The topological polar surface area (TPSA) is 33.5 Å². The number of amides is 1. The molecular weight excluding hydrogens is 330 g/mol. The van der Waals surface area contributed by atoms with Gasteiger partial charge >= 0.3 is 0 Å². The van der Waals surface area contributed by atoms with Gasteiger partial charge in [0.15, 0.2) is 0 Å². The SMILES string of the molecule is O=C(/C=C/c1ccc(Cl)cc1)N1CCSC(c2ccco2)CC1. The summed E-state index contributed by atoms with van der Waals surface area (Å²) in [5.41, 5.74) is 0.973. The first-order valence-electron chi connectivity index (χ1n) is 7.60. The fourth-order valence-corrected chi connectivity index (χ4v) is 3.85. The number of benzene rings is 1. The fourth-order valence-electron chi connectivity index (χ4n) is 2.54. The molecule has 3 nitrogen and oxygen atoms in total. The zero-order valence-electron chi connectivity index (χ0n) is 12.7. The second-order valence-corrected chi connectivity index (χ2v) is 7.12. The van der Waals surface area contributed by atoms with Crippen LogP contribution in [0.2, 0.25) is 5.02 Å². The van der Waals surface area contributed by atoms with Gasteiger partial charge in [0.1, 0.15) is 5.76 Å². The maximum absolute atomic E-state index is 12.4. The Labute approximate surface area is 145 Å². The molecule has 1 saturated heterocycles. The van der Waals surface area contributed by atoms with Crippen LogP contribution in [-0.2, 0) is 4.79 Å². The lowest BCUT2D eigenvalue weighted by molar-refractivity contribution is -0.125. The summed E-state index contributed by atoms with van der Waals surface area (Å²) in [7, 11) is 0. The number of hydrogen-bond acceptors (Lipinski definition) is 3. The molecule has 3 rings (SSSR count). The number of carbonyl (C=O) groups is 1. The van der Waals surface area contributed by atoms with E-state index in [2.05, 4.69) is 0 Å². The minimum Gasteiger partial charge on any atom is -0.468 e. The van der Waals surface area contributed by atoms with Crippen LogP contribution in [0, 0.1) is 0 Å². The Morgan fingerprint density at radius 1 is 1.26 bits per heavy atom. The minimum atomic E-state index is 0.0562. The van der Waals surface area contributed by atoms with E-state index < -0.39 is 0 Å².